The quantitative estimate of drug-likeness (QED) is 0.879. The number of hydrogen-bond donors (Lipinski definition) is 1. The van der Waals surface area contributed by atoms with E-state index in [1.54, 1.807) is 44.6 Å². The highest BCUT2D eigenvalue weighted by molar-refractivity contribution is 5.86. The highest BCUT2D eigenvalue weighted by atomic mass is 16.5. The molecule has 0 atom stereocenters. The van der Waals surface area contributed by atoms with Gasteiger partial charge in [0.1, 0.15) is 23.9 Å². The van der Waals surface area contributed by atoms with E-state index in [2.05, 4.69) is 4.98 Å². The minimum absolute atomic E-state index is 0.0210. The third-order valence-electron chi connectivity index (χ3n) is 2.81. The van der Waals surface area contributed by atoms with E-state index in [4.69, 9.17) is 19.3 Å². The molecule has 0 aliphatic carbocycles. The van der Waals surface area contributed by atoms with Crippen LogP contribution in [0, 0.1) is 0 Å². The highest BCUT2D eigenvalue weighted by Crippen LogP contribution is 2.28. The summed E-state index contributed by atoms with van der Waals surface area (Å²) in [7, 11) is 3.09. The minimum Gasteiger partial charge on any atom is -0.496 e. The molecule has 2 rings (SSSR count). The summed E-state index contributed by atoms with van der Waals surface area (Å²) in [5.41, 5.74) is 0.471. The SMILES string of the molecule is COc1cc(OC)cc(OCc2cccnc2C(=O)O)c1. The van der Waals surface area contributed by atoms with E-state index in [1.807, 2.05) is 0 Å². The first kappa shape index (κ1) is 14.6. The number of carboxylic acids is 1. The van der Waals surface area contributed by atoms with E-state index in [-0.39, 0.29) is 12.3 Å². The maximum Gasteiger partial charge on any atom is 0.354 e. The maximum atomic E-state index is 11.1. The maximum absolute atomic E-state index is 11.1. The molecular weight excluding hydrogens is 274 g/mol. The molecule has 0 bridgehead atoms. The molecule has 0 radical (unpaired) electrons. The number of methoxy groups -OCH3 is 2. The number of aromatic carboxylic acids is 1. The van der Waals surface area contributed by atoms with Gasteiger partial charge in [-0.2, -0.15) is 0 Å². The number of nitrogens with zero attached hydrogens (tertiary/aromatic N) is 1. The third-order valence-corrected chi connectivity index (χ3v) is 2.81. The molecule has 0 fully saturated rings. The Labute approximate surface area is 121 Å². The Morgan fingerprint density at radius 3 is 2.33 bits per heavy atom. The predicted octanol–water partition coefficient (Wildman–Crippen LogP) is 2.38. The second kappa shape index (κ2) is 6.60. The van der Waals surface area contributed by atoms with Crippen LogP contribution in [-0.4, -0.2) is 30.3 Å². The first-order chi connectivity index (χ1) is 10.1. The van der Waals surface area contributed by atoms with E-state index in [9.17, 15) is 4.79 Å². The smallest absolute Gasteiger partial charge is 0.354 e. The van der Waals surface area contributed by atoms with Crippen LogP contribution in [0.25, 0.3) is 0 Å². The minimum atomic E-state index is -1.09. The van der Waals surface area contributed by atoms with E-state index in [1.165, 1.54) is 6.20 Å². The molecule has 21 heavy (non-hydrogen) atoms. The number of carboxylic acid groups (broad SMARTS) is 1. The van der Waals surface area contributed by atoms with Crippen molar-refractivity contribution in [3.05, 3.63) is 47.8 Å². The fraction of sp³-hybridized carbons (Fsp3) is 0.200. The van der Waals surface area contributed by atoms with Crippen molar-refractivity contribution < 1.29 is 24.1 Å². The van der Waals surface area contributed by atoms with E-state index in [0.717, 1.165) is 0 Å². The molecule has 0 unspecified atom stereocenters. The molecule has 1 aromatic heterocycles. The van der Waals surface area contributed by atoms with E-state index in [0.29, 0.717) is 22.8 Å². The van der Waals surface area contributed by atoms with Crippen molar-refractivity contribution in [1.29, 1.82) is 0 Å². The van der Waals surface area contributed by atoms with Crippen LogP contribution in [0.3, 0.4) is 0 Å². The standard InChI is InChI=1S/C15H15NO5/c1-19-11-6-12(20-2)8-13(7-11)21-9-10-4-3-5-16-14(10)15(17)18/h3-8H,9H2,1-2H3,(H,17,18). The normalized spacial score (nSPS) is 10.0. The van der Waals surface area contributed by atoms with Gasteiger partial charge < -0.3 is 19.3 Å². The topological polar surface area (TPSA) is 77.9 Å². The van der Waals surface area contributed by atoms with Crippen molar-refractivity contribution in [2.24, 2.45) is 0 Å². The number of carbonyl (C=O) groups is 1. The summed E-state index contributed by atoms with van der Waals surface area (Å²) in [5.74, 6) is 0.617. The van der Waals surface area contributed by atoms with Gasteiger partial charge in [0, 0.05) is 30.0 Å². The summed E-state index contributed by atoms with van der Waals surface area (Å²) in [6, 6.07) is 8.43. The molecule has 6 heteroatoms. The van der Waals surface area contributed by atoms with Gasteiger partial charge in [-0.25, -0.2) is 9.78 Å². The number of aromatic nitrogens is 1. The van der Waals surface area contributed by atoms with E-state index >= 15 is 0 Å². The van der Waals surface area contributed by atoms with Crippen molar-refractivity contribution in [2.45, 2.75) is 6.61 Å². The van der Waals surface area contributed by atoms with Crippen LogP contribution in [0.5, 0.6) is 17.2 Å². The molecule has 0 spiro atoms. The molecule has 110 valence electrons. The summed E-state index contributed by atoms with van der Waals surface area (Å²) in [4.78, 5) is 14.9. The third kappa shape index (κ3) is 3.62. The number of pyridine rings is 1. The second-order valence-corrected chi connectivity index (χ2v) is 4.15. The Balaban J connectivity index is 2.18. The van der Waals surface area contributed by atoms with Crippen molar-refractivity contribution in [3.63, 3.8) is 0 Å². The summed E-state index contributed by atoms with van der Waals surface area (Å²) in [6.07, 6.45) is 1.43. The molecule has 1 heterocycles. The van der Waals surface area contributed by atoms with Crippen molar-refractivity contribution in [2.75, 3.05) is 14.2 Å². The zero-order chi connectivity index (χ0) is 15.2. The Hall–Kier alpha value is -2.76. The average Bonchev–Trinajstić information content (AvgIpc) is 2.52. The van der Waals surface area contributed by atoms with Gasteiger partial charge in [-0.15, -0.1) is 0 Å². The summed E-state index contributed by atoms with van der Waals surface area (Å²) in [6.45, 7) is 0.0891. The summed E-state index contributed by atoms with van der Waals surface area (Å²) >= 11 is 0. The second-order valence-electron chi connectivity index (χ2n) is 4.15. The Bertz CT molecular complexity index is 619. The molecule has 0 saturated carbocycles. The number of ether oxygens (including phenoxy) is 3. The first-order valence-corrected chi connectivity index (χ1v) is 6.17. The zero-order valence-electron chi connectivity index (χ0n) is 11.7. The fourth-order valence-electron chi connectivity index (χ4n) is 1.77. The molecule has 6 nitrogen and oxygen atoms in total. The molecular formula is C15H15NO5. The lowest BCUT2D eigenvalue weighted by atomic mass is 10.2. The lowest BCUT2D eigenvalue weighted by Gasteiger charge is -2.11. The van der Waals surface area contributed by atoms with Gasteiger partial charge in [-0.05, 0) is 6.07 Å². The Kier molecular flexibility index (Phi) is 4.61. The molecule has 0 saturated heterocycles. The molecule has 0 aliphatic rings. The molecule has 0 aliphatic heterocycles. The first-order valence-electron chi connectivity index (χ1n) is 6.17. The molecule has 2 aromatic rings. The van der Waals surface area contributed by atoms with Crippen LogP contribution < -0.4 is 14.2 Å². The molecule has 1 aromatic carbocycles. The number of hydrogen-bond acceptors (Lipinski definition) is 5. The van der Waals surface area contributed by atoms with Crippen molar-refractivity contribution >= 4 is 5.97 Å². The fourth-order valence-corrected chi connectivity index (χ4v) is 1.77. The largest absolute Gasteiger partial charge is 0.496 e. The van der Waals surface area contributed by atoms with Crippen LogP contribution in [0.15, 0.2) is 36.5 Å². The summed E-state index contributed by atoms with van der Waals surface area (Å²) in [5, 5.41) is 9.07. The zero-order valence-corrected chi connectivity index (χ0v) is 11.7. The summed E-state index contributed by atoms with van der Waals surface area (Å²) < 4.78 is 15.9. The lowest BCUT2D eigenvalue weighted by molar-refractivity contribution is 0.0687. The van der Waals surface area contributed by atoms with Crippen LogP contribution >= 0.6 is 0 Å². The number of benzene rings is 1. The number of rotatable bonds is 6. The van der Waals surface area contributed by atoms with Crippen LogP contribution in [0.1, 0.15) is 16.1 Å². The van der Waals surface area contributed by atoms with Gasteiger partial charge in [-0.3, -0.25) is 0 Å². The van der Waals surface area contributed by atoms with Crippen LogP contribution in [-0.2, 0) is 6.61 Å². The van der Waals surface area contributed by atoms with Crippen molar-refractivity contribution in [3.8, 4) is 17.2 Å². The van der Waals surface area contributed by atoms with Crippen LogP contribution in [0.2, 0.25) is 0 Å². The van der Waals surface area contributed by atoms with Gasteiger partial charge in [0.15, 0.2) is 5.69 Å². The van der Waals surface area contributed by atoms with Gasteiger partial charge in [0.05, 0.1) is 14.2 Å². The lowest BCUT2D eigenvalue weighted by Crippen LogP contribution is -2.08. The Morgan fingerprint density at radius 1 is 1.14 bits per heavy atom. The monoisotopic (exact) mass is 289 g/mol. The molecule has 1 N–H and O–H groups in total. The van der Waals surface area contributed by atoms with Gasteiger partial charge >= 0.3 is 5.97 Å². The highest BCUT2D eigenvalue weighted by Gasteiger charge is 2.12. The van der Waals surface area contributed by atoms with Gasteiger partial charge in [-0.1, -0.05) is 6.07 Å². The van der Waals surface area contributed by atoms with Gasteiger partial charge in [0.25, 0.3) is 0 Å². The van der Waals surface area contributed by atoms with Gasteiger partial charge in [0.2, 0.25) is 0 Å². The molecule has 0 amide bonds. The van der Waals surface area contributed by atoms with E-state index < -0.39 is 5.97 Å². The van der Waals surface area contributed by atoms with Crippen LogP contribution in [0.4, 0.5) is 0 Å². The predicted molar refractivity (Wildman–Crippen MR) is 75.1 cm³/mol. The average molecular weight is 289 g/mol. The Morgan fingerprint density at radius 2 is 1.76 bits per heavy atom. The van der Waals surface area contributed by atoms with Crippen molar-refractivity contribution in [1.82, 2.24) is 4.98 Å².